The first kappa shape index (κ1) is 13.9. The van der Waals surface area contributed by atoms with Gasteiger partial charge in [0.05, 0.1) is 11.4 Å². The molecule has 0 aliphatic rings. The van der Waals surface area contributed by atoms with Crippen molar-refractivity contribution in [2.75, 3.05) is 0 Å². The predicted molar refractivity (Wildman–Crippen MR) is 82.9 cm³/mol. The largest absolute Gasteiger partial charge is 0.347 e. The SMILES string of the molecule is O=C(NCc1ccc(-c2ccccn2)nc1)c1ccccn1. The van der Waals surface area contributed by atoms with Crippen molar-refractivity contribution in [3.63, 3.8) is 0 Å². The van der Waals surface area contributed by atoms with Gasteiger partial charge in [-0.1, -0.05) is 18.2 Å². The van der Waals surface area contributed by atoms with Crippen molar-refractivity contribution in [3.05, 3.63) is 78.4 Å². The summed E-state index contributed by atoms with van der Waals surface area (Å²) in [6, 6.07) is 14.8. The third-order valence-electron chi connectivity index (χ3n) is 3.10. The molecule has 3 heterocycles. The molecule has 0 aromatic carbocycles. The fraction of sp³-hybridized carbons (Fsp3) is 0.0588. The molecule has 22 heavy (non-hydrogen) atoms. The second-order valence-corrected chi connectivity index (χ2v) is 4.66. The van der Waals surface area contributed by atoms with E-state index in [0.29, 0.717) is 12.2 Å². The van der Waals surface area contributed by atoms with E-state index in [0.717, 1.165) is 17.0 Å². The van der Waals surface area contributed by atoms with Crippen molar-refractivity contribution in [2.45, 2.75) is 6.54 Å². The summed E-state index contributed by atoms with van der Waals surface area (Å²) in [5, 5.41) is 2.82. The highest BCUT2D eigenvalue weighted by Gasteiger charge is 2.06. The van der Waals surface area contributed by atoms with Crippen LogP contribution >= 0.6 is 0 Å². The average molecular weight is 290 g/mol. The van der Waals surface area contributed by atoms with Crippen molar-refractivity contribution >= 4 is 5.91 Å². The van der Waals surface area contributed by atoms with Gasteiger partial charge in [-0.15, -0.1) is 0 Å². The second kappa shape index (κ2) is 6.58. The molecule has 0 radical (unpaired) electrons. The first-order valence-corrected chi connectivity index (χ1v) is 6.88. The summed E-state index contributed by atoms with van der Waals surface area (Å²) in [7, 11) is 0. The number of carbonyl (C=O) groups is 1. The van der Waals surface area contributed by atoms with Crippen LogP contribution in [0.1, 0.15) is 16.1 Å². The third kappa shape index (κ3) is 3.32. The molecule has 0 spiro atoms. The van der Waals surface area contributed by atoms with E-state index in [1.54, 1.807) is 36.8 Å². The number of hydrogen-bond donors (Lipinski definition) is 1. The Morgan fingerprint density at radius 2 is 1.64 bits per heavy atom. The Morgan fingerprint density at radius 1 is 0.864 bits per heavy atom. The zero-order chi connectivity index (χ0) is 15.2. The van der Waals surface area contributed by atoms with Gasteiger partial charge < -0.3 is 5.32 Å². The van der Waals surface area contributed by atoms with Crippen LogP contribution in [0.3, 0.4) is 0 Å². The van der Waals surface area contributed by atoms with Gasteiger partial charge in [-0.3, -0.25) is 19.7 Å². The number of pyridine rings is 3. The summed E-state index contributed by atoms with van der Waals surface area (Å²) in [6.07, 6.45) is 5.07. The molecule has 1 N–H and O–H groups in total. The Kier molecular flexibility index (Phi) is 4.15. The zero-order valence-electron chi connectivity index (χ0n) is 11.8. The maximum Gasteiger partial charge on any atom is 0.270 e. The number of hydrogen-bond acceptors (Lipinski definition) is 4. The molecule has 0 aliphatic carbocycles. The normalized spacial score (nSPS) is 10.2. The van der Waals surface area contributed by atoms with Gasteiger partial charge in [0.1, 0.15) is 5.69 Å². The highest BCUT2D eigenvalue weighted by Crippen LogP contribution is 2.13. The molecule has 5 heteroatoms. The number of nitrogens with one attached hydrogen (secondary N) is 1. The molecule has 0 fully saturated rings. The lowest BCUT2D eigenvalue weighted by Gasteiger charge is -2.05. The average Bonchev–Trinajstić information content (AvgIpc) is 2.61. The lowest BCUT2D eigenvalue weighted by Crippen LogP contribution is -2.23. The first-order valence-electron chi connectivity index (χ1n) is 6.88. The highest BCUT2D eigenvalue weighted by atomic mass is 16.1. The number of nitrogens with zero attached hydrogens (tertiary/aromatic N) is 3. The second-order valence-electron chi connectivity index (χ2n) is 4.66. The van der Waals surface area contributed by atoms with Gasteiger partial charge in [-0.25, -0.2) is 0 Å². The van der Waals surface area contributed by atoms with Gasteiger partial charge in [-0.05, 0) is 35.9 Å². The van der Waals surface area contributed by atoms with Crippen LogP contribution in [0.4, 0.5) is 0 Å². The highest BCUT2D eigenvalue weighted by molar-refractivity contribution is 5.92. The van der Waals surface area contributed by atoms with E-state index >= 15 is 0 Å². The van der Waals surface area contributed by atoms with Crippen molar-refractivity contribution in [2.24, 2.45) is 0 Å². The summed E-state index contributed by atoms with van der Waals surface area (Å²) in [5.74, 6) is -0.200. The van der Waals surface area contributed by atoms with Crippen LogP contribution in [0.15, 0.2) is 67.1 Å². The molecule has 1 amide bonds. The molecular formula is C17H14N4O. The summed E-state index contributed by atoms with van der Waals surface area (Å²) in [5.41, 5.74) is 2.96. The molecule has 0 saturated heterocycles. The van der Waals surface area contributed by atoms with E-state index in [1.807, 2.05) is 30.3 Å². The lowest BCUT2D eigenvalue weighted by atomic mass is 10.2. The van der Waals surface area contributed by atoms with Gasteiger partial charge >= 0.3 is 0 Å². The van der Waals surface area contributed by atoms with Gasteiger partial charge in [0.25, 0.3) is 5.91 Å². The van der Waals surface area contributed by atoms with Crippen LogP contribution < -0.4 is 5.32 Å². The standard InChI is InChI=1S/C17H14N4O/c22-17(16-6-2-4-10-19-16)21-12-13-7-8-15(20-11-13)14-5-1-3-9-18-14/h1-11H,12H2,(H,21,22). The molecule has 0 aliphatic heterocycles. The van der Waals surface area contributed by atoms with Gasteiger partial charge in [0.15, 0.2) is 0 Å². The minimum Gasteiger partial charge on any atom is -0.347 e. The summed E-state index contributed by atoms with van der Waals surface area (Å²) >= 11 is 0. The fourth-order valence-corrected chi connectivity index (χ4v) is 1.96. The van der Waals surface area contributed by atoms with Crippen molar-refractivity contribution in [1.82, 2.24) is 20.3 Å². The molecule has 3 rings (SSSR count). The van der Waals surface area contributed by atoms with E-state index in [1.165, 1.54) is 0 Å². The van der Waals surface area contributed by atoms with Crippen LogP contribution in [0.5, 0.6) is 0 Å². The smallest absolute Gasteiger partial charge is 0.270 e. The Hall–Kier alpha value is -3.08. The molecule has 0 saturated carbocycles. The maximum atomic E-state index is 11.9. The minimum atomic E-state index is -0.200. The zero-order valence-corrected chi connectivity index (χ0v) is 11.8. The maximum absolute atomic E-state index is 11.9. The first-order chi connectivity index (χ1) is 10.8. The number of carbonyl (C=O) groups excluding carboxylic acids is 1. The Balaban J connectivity index is 1.63. The monoisotopic (exact) mass is 290 g/mol. The molecular weight excluding hydrogens is 276 g/mol. The van der Waals surface area contributed by atoms with Crippen LogP contribution in [0, 0.1) is 0 Å². The fourth-order valence-electron chi connectivity index (χ4n) is 1.96. The number of amides is 1. The van der Waals surface area contributed by atoms with Crippen molar-refractivity contribution < 1.29 is 4.79 Å². The van der Waals surface area contributed by atoms with Crippen molar-refractivity contribution in [1.29, 1.82) is 0 Å². The third-order valence-corrected chi connectivity index (χ3v) is 3.10. The van der Waals surface area contributed by atoms with E-state index in [2.05, 4.69) is 20.3 Å². The van der Waals surface area contributed by atoms with Crippen molar-refractivity contribution in [3.8, 4) is 11.4 Å². The minimum absolute atomic E-state index is 0.200. The molecule has 3 aromatic rings. The molecule has 5 nitrogen and oxygen atoms in total. The van der Waals surface area contributed by atoms with Crippen LogP contribution in [-0.4, -0.2) is 20.9 Å². The Morgan fingerprint density at radius 3 is 2.27 bits per heavy atom. The Labute approximate surface area is 128 Å². The summed E-state index contributed by atoms with van der Waals surface area (Å²) < 4.78 is 0. The van der Waals surface area contributed by atoms with Gasteiger partial charge in [-0.2, -0.15) is 0 Å². The Bertz CT molecular complexity index is 743. The van der Waals surface area contributed by atoms with E-state index in [9.17, 15) is 4.79 Å². The van der Waals surface area contributed by atoms with E-state index in [-0.39, 0.29) is 5.91 Å². The quantitative estimate of drug-likeness (QED) is 0.801. The lowest BCUT2D eigenvalue weighted by molar-refractivity contribution is 0.0946. The van der Waals surface area contributed by atoms with Crippen LogP contribution in [0.2, 0.25) is 0 Å². The molecule has 3 aromatic heterocycles. The topological polar surface area (TPSA) is 67.8 Å². The van der Waals surface area contributed by atoms with E-state index < -0.39 is 0 Å². The van der Waals surface area contributed by atoms with E-state index in [4.69, 9.17) is 0 Å². The van der Waals surface area contributed by atoms with Gasteiger partial charge in [0, 0.05) is 25.1 Å². The number of rotatable bonds is 4. The van der Waals surface area contributed by atoms with Crippen LogP contribution in [0.25, 0.3) is 11.4 Å². The molecule has 0 bridgehead atoms. The van der Waals surface area contributed by atoms with Crippen LogP contribution in [-0.2, 0) is 6.54 Å². The molecule has 0 unspecified atom stereocenters. The summed E-state index contributed by atoms with van der Waals surface area (Å²) in [6.45, 7) is 0.408. The summed E-state index contributed by atoms with van der Waals surface area (Å²) in [4.78, 5) is 24.5. The van der Waals surface area contributed by atoms with Gasteiger partial charge in [0.2, 0.25) is 0 Å². The molecule has 0 atom stereocenters. The molecule has 108 valence electrons. The number of aromatic nitrogens is 3. The predicted octanol–water partition coefficient (Wildman–Crippen LogP) is 2.47.